The number of rotatable bonds is 5. The topological polar surface area (TPSA) is 51.1 Å². The summed E-state index contributed by atoms with van der Waals surface area (Å²) < 4.78 is 1.49. The van der Waals surface area contributed by atoms with Crippen LogP contribution in [-0.2, 0) is 13.0 Å². The normalized spacial score (nSPS) is 10.5. The van der Waals surface area contributed by atoms with E-state index in [9.17, 15) is 9.59 Å². The van der Waals surface area contributed by atoms with E-state index in [1.807, 2.05) is 49.4 Å². The number of benzene rings is 2. The van der Waals surface area contributed by atoms with E-state index in [0.29, 0.717) is 17.1 Å². The van der Waals surface area contributed by atoms with E-state index in [2.05, 4.69) is 5.32 Å². The minimum Gasteiger partial charge on any atom is -0.322 e. The maximum absolute atomic E-state index is 12.6. The monoisotopic (exact) mass is 366 g/mol. The third-order valence-electron chi connectivity index (χ3n) is 4.19. The molecular formula is C21H19ClN2O2. The maximum Gasteiger partial charge on any atom is 0.257 e. The van der Waals surface area contributed by atoms with Crippen LogP contribution in [0.3, 0.4) is 0 Å². The van der Waals surface area contributed by atoms with Crippen LogP contribution in [0.5, 0.6) is 0 Å². The molecule has 0 radical (unpaired) electrons. The maximum atomic E-state index is 12.6. The van der Waals surface area contributed by atoms with Crippen LogP contribution in [0.25, 0.3) is 0 Å². The van der Waals surface area contributed by atoms with Crippen LogP contribution < -0.4 is 10.9 Å². The summed E-state index contributed by atoms with van der Waals surface area (Å²) in [5.74, 6) is -0.251. The molecule has 0 saturated heterocycles. The Balaban J connectivity index is 1.86. The van der Waals surface area contributed by atoms with Crippen LogP contribution in [0.2, 0.25) is 5.02 Å². The second-order valence-electron chi connectivity index (χ2n) is 5.94. The van der Waals surface area contributed by atoms with E-state index >= 15 is 0 Å². The van der Waals surface area contributed by atoms with E-state index in [4.69, 9.17) is 11.6 Å². The number of aromatic nitrogens is 1. The van der Waals surface area contributed by atoms with Gasteiger partial charge in [-0.15, -0.1) is 0 Å². The van der Waals surface area contributed by atoms with E-state index in [0.717, 1.165) is 23.2 Å². The molecule has 5 heteroatoms. The Bertz CT molecular complexity index is 995. The SMILES string of the molecule is CCc1ccccc1NC(=O)c1ccc(=O)n(Cc2ccccc2Cl)c1. The third kappa shape index (κ3) is 4.03. The molecular weight excluding hydrogens is 348 g/mol. The summed E-state index contributed by atoms with van der Waals surface area (Å²) in [7, 11) is 0. The molecule has 0 aliphatic heterocycles. The number of carbonyl (C=O) groups excluding carboxylic acids is 1. The number of hydrogen-bond donors (Lipinski definition) is 1. The van der Waals surface area contributed by atoms with Crippen molar-refractivity contribution in [2.45, 2.75) is 19.9 Å². The Morgan fingerprint density at radius 2 is 1.69 bits per heavy atom. The highest BCUT2D eigenvalue weighted by Gasteiger charge is 2.11. The van der Waals surface area contributed by atoms with Crippen molar-refractivity contribution in [1.29, 1.82) is 0 Å². The largest absolute Gasteiger partial charge is 0.322 e. The zero-order valence-corrected chi connectivity index (χ0v) is 15.2. The standard InChI is InChI=1S/C21H19ClN2O2/c1-2-15-7-4-6-10-19(15)23-21(26)17-11-12-20(25)24(14-17)13-16-8-3-5-9-18(16)22/h3-12,14H,2,13H2,1H3,(H,23,26). The first-order valence-electron chi connectivity index (χ1n) is 8.41. The van der Waals surface area contributed by atoms with Crippen molar-refractivity contribution >= 4 is 23.2 Å². The summed E-state index contributed by atoms with van der Waals surface area (Å²) in [4.78, 5) is 24.8. The van der Waals surface area contributed by atoms with Crippen LogP contribution in [0.4, 0.5) is 5.69 Å². The molecule has 132 valence electrons. The Kier molecular flexibility index (Phi) is 5.54. The lowest BCUT2D eigenvalue weighted by molar-refractivity contribution is 0.102. The summed E-state index contributed by atoms with van der Waals surface area (Å²) in [6.07, 6.45) is 2.39. The third-order valence-corrected chi connectivity index (χ3v) is 4.56. The van der Waals surface area contributed by atoms with Crippen molar-refractivity contribution in [3.8, 4) is 0 Å². The number of carbonyl (C=O) groups is 1. The number of aryl methyl sites for hydroxylation is 1. The number of amides is 1. The van der Waals surface area contributed by atoms with Crippen LogP contribution in [0.1, 0.15) is 28.4 Å². The number of nitrogens with one attached hydrogen (secondary N) is 1. The van der Waals surface area contributed by atoms with E-state index in [1.54, 1.807) is 12.3 Å². The van der Waals surface area contributed by atoms with Crippen LogP contribution in [-0.4, -0.2) is 10.5 Å². The molecule has 0 saturated carbocycles. The number of hydrogen-bond acceptors (Lipinski definition) is 2. The summed E-state index contributed by atoms with van der Waals surface area (Å²) in [5, 5.41) is 3.51. The Morgan fingerprint density at radius 3 is 2.42 bits per heavy atom. The summed E-state index contributed by atoms with van der Waals surface area (Å²) in [5.41, 5.74) is 2.90. The van der Waals surface area contributed by atoms with Crippen LogP contribution >= 0.6 is 11.6 Å². The molecule has 0 atom stereocenters. The molecule has 0 unspecified atom stereocenters. The number of para-hydroxylation sites is 1. The highest BCUT2D eigenvalue weighted by molar-refractivity contribution is 6.31. The fraction of sp³-hybridized carbons (Fsp3) is 0.143. The van der Waals surface area contributed by atoms with Gasteiger partial charge in [0.1, 0.15) is 0 Å². The number of anilines is 1. The predicted octanol–water partition coefficient (Wildman–Crippen LogP) is 4.36. The predicted molar refractivity (Wildman–Crippen MR) is 105 cm³/mol. The summed E-state index contributed by atoms with van der Waals surface area (Å²) in [6, 6.07) is 18.0. The Labute approximate surface area is 157 Å². The van der Waals surface area contributed by atoms with Crippen LogP contribution in [0, 0.1) is 0 Å². The van der Waals surface area contributed by atoms with Gasteiger partial charge >= 0.3 is 0 Å². The highest BCUT2D eigenvalue weighted by Crippen LogP contribution is 2.17. The molecule has 0 bridgehead atoms. The summed E-state index contributed by atoms with van der Waals surface area (Å²) >= 11 is 6.17. The van der Waals surface area contributed by atoms with Gasteiger partial charge in [-0.05, 0) is 35.7 Å². The second-order valence-corrected chi connectivity index (χ2v) is 6.35. The molecule has 0 fully saturated rings. The molecule has 26 heavy (non-hydrogen) atoms. The van der Waals surface area contributed by atoms with Gasteiger partial charge in [0.05, 0.1) is 12.1 Å². The first-order valence-corrected chi connectivity index (χ1v) is 8.79. The van der Waals surface area contributed by atoms with Crippen molar-refractivity contribution in [3.05, 3.63) is 98.9 Å². The molecule has 1 heterocycles. The van der Waals surface area contributed by atoms with Gasteiger partial charge in [0, 0.05) is 23.0 Å². The first-order chi connectivity index (χ1) is 12.6. The lowest BCUT2D eigenvalue weighted by atomic mass is 10.1. The molecule has 1 N–H and O–H groups in total. The smallest absolute Gasteiger partial charge is 0.257 e. The van der Waals surface area contributed by atoms with Gasteiger partial charge in [-0.3, -0.25) is 9.59 Å². The van der Waals surface area contributed by atoms with Crippen molar-refractivity contribution in [3.63, 3.8) is 0 Å². The quantitative estimate of drug-likeness (QED) is 0.729. The minimum atomic E-state index is -0.251. The number of pyridine rings is 1. The minimum absolute atomic E-state index is 0.185. The average molecular weight is 367 g/mol. The van der Waals surface area contributed by atoms with Gasteiger partial charge in [0.2, 0.25) is 0 Å². The highest BCUT2D eigenvalue weighted by atomic mass is 35.5. The second kappa shape index (κ2) is 8.02. The van der Waals surface area contributed by atoms with Crippen molar-refractivity contribution in [2.24, 2.45) is 0 Å². The molecule has 3 rings (SSSR count). The van der Waals surface area contributed by atoms with E-state index in [-0.39, 0.29) is 11.5 Å². The Hall–Kier alpha value is -2.85. The molecule has 3 aromatic rings. The molecule has 1 amide bonds. The molecule has 1 aromatic heterocycles. The van der Waals surface area contributed by atoms with Gasteiger partial charge in [-0.25, -0.2) is 0 Å². The lowest BCUT2D eigenvalue weighted by Gasteiger charge is -2.12. The zero-order chi connectivity index (χ0) is 18.5. The van der Waals surface area contributed by atoms with Crippen molar-refractivity contribution in [2.75, 3.05) is 5.32 Å². The van der Waals surface area contributed by atoms with Gasteiger partial charge in [-0.1, -0.05) is 54.9 Å². The molecule has 2 aromatic carbocycles. The zero-order valence-electron chi connectivity index (χ0n) is 14.4. The number of nitrogens with zero attached hydrogens (tertiary/aromatic N) is 1. The van der Waals surface area contributed by atoms with Crippen molar-refractivity contribution < 1.29 is 4.79 Å². The van der Waals surface area contributed by atoms with Gasteiger partial charge in [0.25, 0.3) is 11.5 Å². The van der Waals surface area contributed by atoms with Gasteiger partial charge < -0.3 is 9.88 Å². The summed E-state index contributed by atoms with van der Waals surface area (Å²) in [6.45, 7) is 2.35. The number of halogens is 1. The van der Waals surface area contributed by atoms with Crippen LogP contribution in [0.15, 0.2) is 71.7 Å². The first kappa shape index (κ1) is 18.0. The fourth-order valence-electron chi connectivity index (χ4n) is 2.74. The molecule has 0 aliphatic carbocycles. The van der Waals surface area contributed by atoms with E-state index in [1.165, 1.54) is 16.7 Å². The van der Waals surface area contributed by atoms with Gasteiger partial charge in [0.15, 0.2) is 0 Å². The van der Waals surface area contributed by atoms with Gasteiger partial charge in [-0.2, -0.15) is 0 Å². The molecule has 0 aliphatic rings. The molecule has 0 spiro atoms. The van der Waals surface area contributed by atoms with Crippen molar-refractivity contribution in [1.82, 2.24) is 4.57 Å². The fourth-order valence-corrected chi connectivity index (χ4v) is 2.94. The molecule has 4 nitrogen and oxygen atoms in total. The Morgan fingerprint density at radius 1 is 1.00 bits per heavy atom. The van der Waals surface area contributed by atoms with E-state index < -0.39 is 0 Å². The average Bonchev–Trinajstić information content (AvgIpc) is 2.65. The lowest BCUT2D eigenvalue weighted by Crippen LogP contribution is -2.23.